The molecule has 0 bridgehead atoms. The van der Waals surface area contributed by atoms with E-state index in [1.807, 2.05) is 30.5 Å². The van der Waals surface area contributed by atoms with E-state index in [2.05, 4.69) is 20.4 Å². The Morgan fingerprint density at radius 1 is 1.28 bits per heavy atom. The Morgan fingerprint density at radius 3 is 2.72 bits per heavy atom. The molecule has 1 aliphatic heterocycles. The van der Waals surface area contributed by atoms with Crippen LogP contribution in [0.3, 0.4) is 0 Å². The molecule has 10 heteroatoms. The monoisotopic (exact) mass is 454 g/mol. The summed E-state index contributed by atoms with van der Waals surface area (Å²) in [6.07, 6.45) is 2.73. The number of benzene rings is 2. The van der Waals surface area contributed by atoms with Gasteiger partial charge < -0.3 is 16.0 Å². The van der Waals surface area contributed by atoms with Crippen molar-refractivity contribution in [2.24, 2.45) is 10.8 Å². The predicted octanol–water partition coefficient (Wildman–Crippen LogP) is 2.73. The van der Waals surface area contributed by atoms with Crippen molar-refractivity contribution in [3.63, 3.8) is 0 Å². The summed E-state index contributed by atoms with van der Waals surface area (Å²) in [5, 5.41) is 8.71. The first-order valence-corrected chi connectivity index (χ1v) is 11.5. The molecular weight excluding hydrogens is 431 g/mol. The summed E-state index contributed by atoms with van der Waals surface area (Å²) in [7, 11) is 0. The van der Waals surface area contributed by atoms with E-state index in [9.17, 15) is 14.0 Å². The molecule has 0 radical (unpaired) electrons. The summed E-state index contributed by atoms with van der Waals surface area (Å²) in [6.45, 7) is 0. The number of nitrogens with two attached hydrogens (primary N) is 1. The number of nitrogens with zero attached hydrogens (tertiary/aromatic N) is 3. The molecule has 2 aromatic carbocycles. The molecule has 0 spiro atoms. The van der Waals surface area contributed by atoms with Crippen LogP contribution < -0.4 is 16.1 Å². The molecule has 4 rings (SSSR count). The van der Waals surface area contributed by atoms with Gasteiger partial charge in [0.2, 0.25) is 5.91 Å². The smallest absolute Gasteiger partial charge is 0.268 e. The van der Waals surface area contributed by atoms with Crippen molar-refractivity contribution in [2.75, 3.05) is 17.0 Å². The Labute approximate surface area is 188 Å². The lowest BCUT2D eigenvalue weighted by Gasteiger charge is -2.20. The van der Waals surface area contributed by atoms with Crippen LogP contribution in [0.4, 0.5) is 10.1 Å². The molecule has 0 saturated carbocycles. The fourth-order valence-electron chi connectivity index (χ4n) is 3.59. The zero-order valence-electron chi connectivity index (χ0n) is 17.4. The van der Waals surface area contributed by atoms with Gasteiger partial charge in [-0.25, -0.2) is 9.37 Å². The summed E-state index contributed by atoms with van der Waals surface area (Å²) in [5.74, 6) is 0.0617. The van der Waals surface area contributed by atoms with Gasteiger partial charge in [0.15, 0.2) is 0 Å². The molecule has 32 heavy (non-hydrogen) atoms. The number of nitrogens with one attached hydrogen (secondary N) is 2. The van der Waals surface area contributed by atoms with Gasteiger partial charge in [-0.2, -0.15) is 16.9 Å². The zero-order chi connectivity index (χ0) is 22.7. The molecule has 1 aromatic heterocycles. The molecule has 0 saturated heterocycles. The quantitative estimate of drug-likeness (QED) is 0.484. The number of rotatable bonds is 8. The Morgan fingerprint density at radius 2 is 2.03 bits per heavy atom. The number of aromatic nitrogens is 2. The lowest BCUT2D eigenvalue weighted by atomic mass is 10.1. The van der Waals surface area contributed by atoms with Crippen LogP contribution in [0.2, 0.25) is 0 Å². The lowest BCUT2D eigenvalue weighted by Crippen LogP contribution is -2.40. The Hall–Kier alpha value is -3.40. The molecule has 2 atom stereocenters. The van der Waals surface area contributed by atoms with Crippen LogP contribution in [0.5, 0.6) is 0 Å². The molecule has 4 N–H and O–H groups in total. The van der Waals surface area contributed by atoms with Crippen LogP contribution >= 0.6 is 11.8 Å². The van der Waals surface area contributed by atoms with Crippen molar-refractivity contribution in [2.45, 2.75) is 24.9 Å². The van der Waals surface area contributed by atoms with E-state index in [0.29, 0.717) is 17.9 Å². The van der Waals surface area contributed by atoms with E-state index in [0.717, 1.165) is 16.8 Å². The number of primary amides is 1. The van der Waals surface area contributed by atoms with Crippen LogP contribution in [0.15, 0.2) is 53.6 Å². The highest BCUT2D eigenvalue weighted by molar-refractivity contribution is 7.98. The second-order valence-corrected chi connectivity index (χ2v) is 8.42. The minimum atomic E-state index is -0.822. The molecule has 166 valence electrons. The highest BCUT2D eigenvalue weighted by Gasteiger charge is 2.35. The molecule has 2 amide bonds. The normalized spacial score (nSPS) is 16.8. The fraction of sp³-hybridized carbons (Fsp3) is 0.273. The summed E-state index contributed by atoms with van der Waals surface area (Å²) in [4.78, 5) is 33.0. The van der Waals surface area contributed by atoms with Crippen LogP contribution in [0, 0.1) is 5.82 Å². The lowest BCUT2D eigenvalue weighted by molar-refractivity contribution is -0.119. The summed E-state index contributed by atoms with van der Waals surface area (Å²) in [6, 6.07) is 12.0. The Balaban J connectivity index is 1.57. The third-order valence-corrected chi connectivity index (χ3v) is 5.89. The maximum absolute atomic E-state index is 13.3. The Bertz CT molecular complexity index is 1130. The van der Waals surface area contributed by atoms with Crippen molar-refractivity contribution in [3.8, 4) is 0 Å². The molecular formula is C22H23FN6O2S. The van der Waals surface area contributed by atoms with Crippen LogP contribution in [0.25, 0.3) is 11.0 Å². The number of amides is 2. The number of hydrazone groups is 1. The number of imidazole rings is 1. The average Bonchev–Trinajstić information content (AvgIpc) is 3.42. The van der Waals surface area contributed by atoms with Crippen molar-refractivity contribution in [1.82, 2.24) is 15.3 Å². The zero-order valence-corrected chi connectivity index (χ0v) is 18.2. The summed E-state index contributed by atoms with van der Waals surface area (Å²) < 4.78 is 13.3. The van der Waals surface area contributed by atoms with Gasteiger partial charge in [-0.1, -0.05) is 12.1 Å². The van der Waals surface area contributed by atoms with Gasteiger partial charge in [0, 0.05) is 6.42 Å². The molecule has 0 aliphatic carbocycles. The minimum absolute atomic E-state index is 0.0634. The minimum Gasteiger partial charge on any atom is -0.368 e. The molecule has 3 aromatic rings. The third kappa shape index (κ3) is 4.59. The van der Waals surface area contributed by atoms with Gasteiger partial charge in [-0.05, 0) is 54.8 Å². The van der Waals surface area contributed by atoms with Gasteiger partial charge in [-0.3, -0.25) is 14.6 Å². The van der Waals surface area contributed by atoms with Gasteiger partial charge in [0.1, 0.15) is 23.4 Å². The molecule has 2 heterocycles. The number of carbonyl (C=O) groups is 2. The van der Waals surface area contributed by atoms with E-state index in [4.69, 9.17) is 5.73 Å². The van der Waals surface area contributed by atoms with Gasteiger partial charge in [0.25, 0.3) is 5.91 Å². The molecule has 0 fully saturated rings. The second-order valence-electron chi connectivity index (χ2n) is 7.44. The number of hydrogen-bond acceptors (Lipinski definition) is 6. The first kappa shape index (κ1) is 21.8. The van der Waals surface area contributed by atoms with E-state index in [1.165, 1.54) is 29.3 Å². The standard InChI is InChI=1S/C22H23FN6O2S/c1-32-11-10-17(21-25-15-4-2-3-5-16(15)26-21)27-22(31)18-12-19(20(24)30)29(28-18)14-8-6-13(23)7-9-14/h2-9,17,19H,10-12H2,1H3,(H2,24,30)(H,25,26)(H,27,31). The van der Waals surface area contributed by atoms with Crippen molar-refractivity contribution in [3.05, 3.63) is 60.2 Å². The third-order valence-electron chi connectivity index (χ3n) is 5.25. The fourth-order valence-corrected chi connectivity index (χ4v) is 4.06. The topological polar surface area (TPSA) is 116 Å². The number of anilines is 1. The molecule has 1 aliphatic rings. The number of H-pyrrole nitrogens is 1. The van der Waals surface area contributed by atoms with Gasteiger partial charge in [0.05, 0.1) is 22.8 Å². The largest absolute Gasteiger partial charge is 0.368 e. The second kappa shape index (κ2) is 9.39. The van der Waals surface area contributed by atoms with Crippen molar-refractivity contribution in [1.29, 1.82) is 0 Å². The predicted molar refractivity (Wildman–Crippen MR) is 124 cm³/mol. The molecule has 2 unspecified atom stereocenters. The van der Waals surface area contributed by atoms with Crippen LogP contribution in [-0.2, 0) is 9.59 Å². The van der Waals surface area contributed by atoms with E-state index in [1.54, 1.807) is 11.8 Å². The van der Waals surface area contributed by atoms with Gasteiger partial charge >= 0.3 is 0 Å². The number of aromatic amines is 1. The number of thioether (sulfide) groups is 1. The summed E-state index contributed by atoms with van der Waals surface area (Å²) >= 11 is 1.67. The first-order chi connectivity index (χ1) is 15.5. The highest BCUT2D eigenvalue weighted by atomic mass is 32.2. The van der Waals surface area contributed by atoms with Crippen molar-refractivity contribution < 1.29 is 14.0 Å². The maximum Gasteiger partial charge on any atom is 0.268 e. The SMILES string of the molecule is CSCCC(NC(=O)C1=NN(c2ccc(F)cc2)C(C(N)=O)C1)c1nc2ccccc2[nH]1. The number of hydrogen-bond donors (Lipinski definition) is 3. The highest BCUT2D eigenvalue weighted by Crippen LogP contribution is 2.26. The average molecular weight is 455 g/mol. The van der Waals surface area contributed by atoms with Crippen LogP contribution in [0.1, 0.15) is 24.7 Å². The first-order valence-electron chi connectivity index (χ1n) is 10.1. The van der Waals surface area contributed by atoms with E-state index >= 15 is 0 Å². The number of para-hydroxylation sites is 2. The molecule has 8 nitrogen and oxygen atoms in total. The van der Waals surface area contributed by atoms with Crippen LogP contribution in [-0.4, -0.2) is 45.5 Å². The number of halogens is 1. The summed E-state index contributed by atoms with van der Waals surface area (Å²) in [5.41, 5.74) is 7.91. The van der Waals surface area contributed by atoms with E-state index in [-0.39, 0.29) is 18.2 Å². The van der Waals surface area contributed by atoms with Crippen molar-refractivity contribution >= 4 is 46.0 Å². The van der Waals surface area contributed by atoms with E-state index < -0.39 is 23.7 Å². The number of fused-ring (bicyclic) bond motifs is 1. The van der Waals surface area contributed by atoms with Gasteiger partial charge in [-0.15, -0.1) is 0 Å². The Kier molecular flexibility index (Phi) is 6.40. The number of carbonyl (C=O) groups excluding carboxylic acids is 2. The maximum atomic E-state index is 13.3.